The zero-order chi connectivity index (χ0) is 17.8. The van der Waals surface area contributed by atoms with E-state index < -0.39 is 6.10 Å². The van der Waals surface area contributed by atoms with E-state index in [1.807, 2.05) is 34.6 Å². The molecule has 2 unspecified atom stereocenters. The summed E-state index contributed by atoms with van der Waals surface area (Å²) in [6, 6.07) is 0. The van der Waals surface area contributed by atoms with Crippen molar-refractivity contribution >= 4 is 11.6 Å². The van der Waals surface area contributed by atoms with Gasteiger partial charge in [-0.25, -0.2) is 0 Å². The van der Waals surface area contributed by atoms with E-state index in [9.17, 15) is 15.5 Å². The van der Waals surface area contributed by atoms with Gasteiger partial charge in [0.2, 0.25) is 0 Å². The van der Waals surface area contributed by atoms with E-state index in [1.54, 1.807) is 0 Å². The van der Waals surface area contributed by atoms with Gasteiger partial charge in [0, 0.05) is 23.5 Å². The fraction of sp³-hybridized carbons (Fsp3) is 1.00. The lowest BCUT2D eigenvalue weighted by molar-refractivity contribution is -0.264. The molecule has 0 aliphatic carbocycles. The molecule has 3 N–H and O–H groups in total. The number of aliphatic hydroxyl groups excluding tert-OH is 1. The predicted octanol–water partition coefficient (Wildman–Crippen LogP) is 2.48. The van der Waals surface area contributed by atoms with Crippen molar-refractivity contribution in [1.29, 1.82) is 0 Å². The van der Waals surface area contributed by atoms with Gasteiger partial charge in [-0.05, 0) is 53.9 Å². The summed E-state index contributed by atoms with van der Waals surface area (Å²) in [7, 11) is 0. The van der Waals surface area contributed by atoms with Gasteiger partial charge in [-0.2, -0.15) is 10.1 Å². The van der Waals surface area contributed by atoms with Gasteiger partial charge >= 0.3 is 0 Å². The van der Waals surface area contributed by atoms with Crippen molar-refractivity contribution in [1.82, 2.24) is 10.1 Å². The number of rotatable bonds is 8. The quantitative estimate of drug-likeness (QED) is 0.460. The monoisotopic (exact) mass is 352 g/mol. The van der Waals surface area contributed by atoms with Crippen LogP contribution in [0, 0.1) is 0 Å². The number of piperidine rings is 1. The summed E-state index contributed by atoms with van der Waals surface area (Å²) in [5.74, 6) is 0.104. The molecule has 138 valence electrons. The third-order valence-electron chi connectivity index (χ3n) is 4.42. The molecular weight excluding hydrogens is 320 g/mol. The highest BCUT2D eigenvalue weighted by molar-refractivity contribution is 6.18. The average Bonchev–Trinajstić information content (AvgIpc) is 2.41. The number of alkyl halides is 1. The summed E-state index contributed by atoms with van der Waals surface area (Å²) >= 11 is 5.52. The maximum atomic E-state index is 10.3. The standard InChI is InChI=1S/C16H33ClN2O4/c1-12(6-7-18(21)11-13(20)10-17)23-14-8-15(2,3)19(22)16(4,5)9-14/h12-14,20-22H,6-11H2,1-5H3. The highest BCUT2D eigenvalue weighted by Crippen LogP contribution is 2.38. The van der Waals surface area contributed by atoms with Crippen molar-refractivity contribution in [3.63, 3.8) is 0 Å². The second kappa shape index (κ2) is 8.43. The molecule has 0 aromatic heterocycles. The van der Waals surface area contributed by atoms with Crippen molar-refractivity contribution < 1.29 is 20.3 Å². The molecule has 0 amide bonds. The molecule has 0 saturated carbocycles. The Kier molecular flexibility index (Phi) is 7.73. The number of hydrogen-bond acceptors (Lipinski definition) is 6. The zero-order valence-corrected chi connectivity index (χ0v) is 15.8. The van der Waals surface area contributed by atoms with Crippen LogP contribution in [0.1, 0.15) is 53.9 Å². The fourth-order valence-corrected chi connectivity index (χ4v) is 3.48. The second-order valence-corrected chi connectivity index (χ2v) is 8.23. The van der Waals surface area contributed by atoms with Gasteiger partial charge in [-0.3, -0.25) is 0 Å². The molecule has 6 nitrogen and oxygen atoms in total. The van der Waals surface area contributed by atoms with Crippen LogP contribution in [0.3, 0.4) is 0 Å². The summed E-state index contributed by atoms with van der Waals surface area (Å²) in [6.45, 7) is 10.6. The third kappa shape index (κ3) is 6.46. The first-order valence-corrected chi connectivity index (χ1v) is 8.84. The Morgan fingerprint density at radius 3 is 2.26 bits per heavy atom. The Bertz CT molecular complexity index is 350. The van der Waals surface area contributed by atoms with Crippen molar-refractivity contribution in [2.24, 2.45) is 0 Å². The Labute approximate surface area is 144 Å². The molecule has 23 heavy (non-hydrogen) atoms. The van der Waals surface area contributed by atoms with Crippen molar-refractivity contribution in [2.45, 2.75) is 83.3 Å². The molecule has 2 atom stereocenters. The van der Waals surface area contributed by atoms with E-state index in [0.29, 0.717) is 13.0 Å². The first-order valence-electron chi connectivity index (χ1n) is 8.30. The predicted molar refractivity (Wildman–Crippen MR) is 90.1 cm³/mol. The molecule has 7 heteroatoms. The smallest absolute Gasteiger partial charge is 0.0825 e. The van der Waals surface area contributed by atoms with Gasteiger partial charge in [0.05, 0.1) is 24.9 Å². The van der Waals surface area contributed by atoms with Crippen LogP contribution in [0.4, 0.5) is 0 Å². The Morgan fingerprint density at radius 1 is 1.26 bits per heavy atom. The number of halogens is 1. The van der Waals surface area contributed by atoms with Crippen molar-refractivity contribution in [3.05, 3.63) is 0 Å². The summed E-state index contributed by atoms with van der Waals surface area (Å²) in [6.07, 6.45) is 1.49. The van der Waals surface area contributed by atoms with Gasteiger partial charge in [0.1, 0.15) is 0 Å². The van der Waals surface area contributed by atoms with Crippen LogP contribution in [-0.4, -0.2) is 74.0 Å². The summed E-state index contributed by atoms with van der Waals surface area (Å²) in [5, 5.41) is 31.9. The lowest BCUT2D eigenvalue weighted by Crippen LogP contribution is -2.60. The topological polar surface area (TPSA) is 76.4 Å². The first kappa shape index (κ1) is 21.1. The van der Waals surface area contributed by atoms with Crippen LogP contribution in [0.15, 0.2) is 0 Å². The molecule has 0 radical (unpaired) electrons. The van der Waals surface area contributed by atoms with E-state index in [2.05, 4.69) is 0 Å². The van der Waals surface area contributed by atoms with Gasteiger partial charge in [0.25, 0.3) is 0 Å². The van der Waals surface area contributed by atoms with Gasteiger partial charge in [0.15, 0.2) is 0 Å². The van der Waals surface area contributed by atoms with Crippen LogP contribution >= 0.6 is 11.6 Å². The summed E-state index contributed by atoms with van der Waals surface area (Å²) < 4.78 is 6.13. The van der Waals surface area contributed by atoms with E-state index in [1.165, 1.54) is 5.06 Å². The van der Waals surface area contributed by atoms with E-state index >= 15 is 0 Å². The molecule has 1 aliphatic heterocycles. The Hall–Kier alpha value is 0.0500. The fourth-order valence-electron chi connectivity index (χ4n) is 3.39. The highest BCUT2D eigenvalue weighted by atomic mass is 35.5. The second-order valence-electron chi connectivity index (χ2n) is 7.92. The van der Waals surface area contributed by atoms with Crippen LogP contribution < -0.4 is 0 Å². The van der Waals surface area contributed by atoms with Crippen molar-refractivity contribution in [2.75, 3.05) is 19.0 Å². The minimum Gasteiger partial charge on any atom is -0.390 e. The van der Waals surface area contributed by atoms with Crippen molar-refractivity contribution in [3.8, 4) is 0 Å². The molecule has 0 spiro atoms. The Morgan fingerprint density at radius 2 is 1.78 bits per heavy atom. The Balaban J connectivity index is 2.44. The molecule has 0 aromatic rings. The first-order chi connectivity index (χ1) is 10.5. The van der Waals surface area contributed by atoms with E-state index in [4.69, 9.17) is 16.3 Å². The zero-order valence-electron chi connectivity index (χ0n) is 15.0. The minimum atomic E-state index is -0.728. The molecule has 1 rings (SSSR count). The molecule has 1 saturated heterocycles. The van der Waals surface area contributed by atoms with E-state index in [-0.39, 0.29) is 35.7 Å². The maximum Gasteiger partial charge on any atom is 0.0825 e. The number of aliphatic hydroxyl groups is 1. The largest absolute Gasteiger partial charge is 0.390 e. The van der Waals surface area contributed by atoms with E-state index in [0.717, 1.165) is 17.9 Å². The lowest BCUT2D eigenvalue weighted by atomic mass is 9.80. The average molecular weight is 353 g/mol. The van der Waals surface area contributed by atoms with Crippen LogP contribution in [-0.2, 0) is 4.74 Å². The molecule has 1 aliphatic rings. The number of ether oxygens (including phenoxy) is 1. The van der Waals surface area contributed by atoms with Gasteiger partial charge in [-0.15, -0.1) is 11.6 Å². The van der Waals surface area contributed by atoms with Gasteiger partial charge in [-0.1, -0.05) is 0 Å². The molecule has 0 bridgehead atoms. The maximum absolute atomic E-state index is 10.3. The highest BCUT2D eigenvalue weighted by Gasteiger charge is 2.45. The third-order valence-corrected chi connectivity index (χ3v) is 4.78. The molecule has 1 fully saturated rings. The SMILES string of the molecule is CC(CCN(O)CC(O)CCl)OC1CC(C)(C)N(O)C(C)(C)C1. The molecule has 1 heterocycles. The molecule has 0 aromatic carbocycles. The number of hydroxylamine groups is 4. The van der Waals surface area contributed by atoms with Crippen LogP contribution in [0.2, 0.25) is 0 Å². The normalized spacial score (nSPS) is 24.8. The minimum absolute atomic E-state index is 0.0142. The van der Waals surface area contributed by atoms with Gasteiger partial charge < -0.3 is 20.3 Å². The summed E-state index contributed by atoms with van der Waals surface area (Å²) in [5.41, 5.74) is -0.667. The van der Waals surface area contributed by atoms with Crippen LogP contribution in [0.5, 0.6) is 0 Å². The number of hydrogen-bond donors (Lipinski definition) is 3. The lowest BCUT2D eigenvalue weighted by Gasteiger charge is -2.51. The summed E-state index contributed by atoms with van der Waals surface area (Å²) in [4.78, 5) is 0. The molecular formula is C16H33ClN2O4. The number of nitrogens with zero attached hydrogens (tertiary/aromatic N) is 2. The van der Waals surface area contributed by atoms with Crippen LogP contribution in [0.25, 0.3) is 0 Å².